The molecule has 0 fully saturated rings. The summed E-state index contributed by atoms with van der Waals surface area (Å²) in [6.45, 7) is 2.32. The van der Waals surface area contributed by atoms with Crippen LogP contribution < -0.4 is 5.72 Å². The lowest BCUT2D eigenvalue weighted by Gasteiger charge is -2.17. The molecule has 4 aromatic carbocycles. The lowest BCUT2D eigenvalue weighted by Crippen LogP contribution is -2.29. The van der Waals surface area contributed by atoms with Crippen LogP contribution in [0.3, 0.4) is 0 Å². The highest BCUT2D eigenvalue weighted by atomic mass is 28.2. The van der Waals surface area contributed by atoms with Gasteiger partial charge in [0.2, 0.25) is 7.28 Å². The normalized spacial score (nSPS) is 12.3. The third-order valence-electron chi connectivity index (χ3n) is 7.36. The van der Waals surface area contributed by atoms with Gasteiger partial charge in [0.15, 0.2) is 0 Å². The Balaban J connectivity index is 1.24. The Bertz CT molecular complexity index is 1470. The Labute approximate surface area is 242 Å². The van der Waals surface area contributed by atoms with Gasteiger partial charge in [-0.15, -0.1) is 0 Å². The van der Waals surface area contributed by atoms with Crippen LogP contribution in [0.25, 0.3) is 11.5 Å². The summed E-state index contributed by atoms with van der Waals surface area (Å²) in [5, 5.41) is 1.56. The van der Waals surface area contributed by atoms with Gasteiger partial charge in [-0.1, -0.05) is 144 Å². The molecule has 0 N–H and O–H groups in total. The fourth-order valence-electron chi connectivity index (χ4n) is 5.15. The lowest BCUT2D eigenvalue weighted by atomic mass is 9.65. The standard InChI is InChI=1S/C36H36BN2Si/c1-29(15-14-24-34(31-18-8-3-9-19-31)32-20-10-4-11-21-32)40-28-39-26-25-38-36(39)37-35(33-22-12-5-13-23-33)27-30-16-6-2-7-17-30/h2-13,15-23,25-27,34H,14,24,28,40H2,1H3. The van der Waals surface area contributed by atoms with Crippen LogP contribution in [0.4, 0.5) is 0 Å². The first-order valence-corrected chi connectivity index (χ1v) is 15.9. The van der Waals surface area contributed by atoms with E-state index in [1.165, 1.54) is 27.7 Å². The van der Waals surface area contributed by atoms with Crippen LogP contribution in [0.5, 0.6) is 0 Å². The van der Waals surface area contributed by atoms with Gasteiger partial charge in [0.25, 0.3) is 0 Å². The molecule has 0 spiro atoms. The second-order valence-corrected chi connectivity index (χ2v) is 12.3. The molecule has 0 aliphatic rings. The average molecular weight is 536 g/mol. The van der Waals surface area contributed by atoms with E-state index in [-0.39, 0.29) is 0 Å². The number of hydrogen-bond acceptors (Lipinski definition) is 1. The van der Waals surface area contributed by atoms with Gasteiger partial charge in [-0.25, -0.2) is 0 Å². The minimum absolute atomic E-state index is 0.427. The first kappa shape index (κ1) is 27.4. The van der Waals surface area contributed by atoms with Crippen LogP contribution in [0.1, 0.15) is 47.9 Å². The summed E-state index contributed by atoms with van der Waals surface area (Å²) >= 11 is 0. The number of hydrogen-bond donors (Lipinski definition) is 0. The zero-order valence-electron chi connectivity index (χ0n) is 23.2. The summed E-state index contributed by atoms with van der Waals surface area (Å²) in [4.78, 5) is 4.72. The molecule has 0 bridgehead atoms. The number of imidazole rings is 1. The van der Waals surface area contributed by atoms with Gasteiger partial charge in [0, 0.05) is 24.5 Å². The van der Waals surface area contributed by atoms with E-state index in [0.717, 1.165) is 24.7 Å². The molecule has 5 rings (SSSR count). The van der Waals surface area contributed by atoms with E-state index < -0.39 is 9.52 Å². The molecule has 40 heavy (non-hydrogen) atoms. The first-order valence-electron chi connectivity index (χ1n) is 14.2. The van der Waals surface area contributed by atoms with Crippen LogP contribution >= 0.6 is 0 Å². The quantitative estimate of drug-likeness (QED) is 0.124. The van der Waals surface area contributed by atoms with E-state index in [9.17, 15) is 0 Å². The molecule has 0 aliphatic heterocycles. The van der Waals surface area contributed by atoms with Crippen molar-refractivity contribution in [3.05, 3.63) is 167 Å². The Morgan fingerprint density at radius 1 is 0.800 bits per heavy atom. The summed E-state index contributed by atoms with van der Waals surface area (Å²) in [5.74, 6) is 0.427. The van der Waals surface area contributed by atoms with Crippen molar-refractivity contribution in [2.75, 3.05) is 0 Å². The van der Waals surface area contributed by atoms with Gasteiger partial charge in [0.05, 0.1) is 15.2 Å². The number of benzene rings is 4. The van der Waals surface area contributed by atoms with Crippen LogP contribution in [0.15, 0.2) is 145 Å². The number of allylic oxidation sites excluding steroid dienone is 2. The van der Waals surface area contributed by atoms with Gasteiger partial charge >= 0.3 is 0 Å². The highest BCUT2D eigenvalue weighted by molar-refractivity contribution is 6.73. The second-order valence-electron chi connectivity index (χ2n) is 10.3. The number of aromatic nitrogens is 2. The van der Waals surface area contributed by atoms with Crippen molar-refractivity contribution < 1.29 is 0 Å². The molecule has 2 nitrogen and oxygen atoms in total. The topological polar surface area (TPSA) is 17.8 Å². The Morgan fingerprint density at radius 3 is 2.00 bits per heavy atom. The summed E-state index contributed by atoms with van der Waals surface area (Å²) in [5.41, 5.74) is 7.36. The van der Waals surface area contributed by atoms with Gasteiger partial charge < -0.3 is 4.57 Å². The van der Waals surface area contributed by atoms with Crippen molar-refractivity contribution in [1.29, 1.82) is 0 Å². The predicted molar refractivity (Wildman–Crippen MR) is 175 cm³/mol. The molecule has 1 radical (unpaired) electrons. The summed E-state index contributed by atoms with van der Waals surface area (Å²) in [6, 6.07) is 42.9. The molecule has 0 unspecified atom stereocenters. The second kappa shape index (κ2) is 14.3. The van der Waals surface area contributed by atoms with E-state index in [0.29, 0.717) is 5.92 Å². The number of nitrogens with zero attached hydrogens (tertiary/aromatic N) is 2. The summed E-state index contributed by atoms with van der Waals surface area (Å²) < 4.78 is 2.32. The van der Waals surface area contributed by atoms with Crippen molar-refractivity contribution >= 4 is 34.1 Å². The third-order valence-corrected chi connectivity index (χ3v) is 9.14. The van der Waals surface area contributed by atoms with Crippen LogP contribution in [-0.2, 0) is 6.17 Å². The van der Waals surface area contributed by atoms with Gasteiger partial charge in [-0.3, -0.25) is 4.98 Å². The minimum Gasteiger partial charge on any atom is -0.346 e. The van der Waals surface area contributed by atoms with E-state index in [1.54, 1.807) is 5.20 Å². The number of rotatable bonds is 12. The van der Waals surface area contributed by atoms with Gasteiger partial charge in [-0.2, -0.15) is 0 Å². The molecule has 5 aromatic rings. The van der Waals surface area contributed by atoms with E-state index in [2.05, 4.69) is 158 Å². The molecule has 0 aliphatic carbocycles. The van der Waals surface area contributed by atoms with E-state index in [4.69, 9.17) is 4.98 Å². The van der Waals surface area contributed by atoms with Crippen molar-refractivity contribution in [1.82, 2.24) is 9.55 Å². The minimum atomic E-state index is -0.434. The summed E-state index contributed by atoms with van der Waals surface area (Å²) in [7, 11) is 1.79. The molecule has 197 valence electrons. The first-order chi connectivity index (χ1) is 19.8. The molecular formula is C36H36BN2Si. The van der Waals surface area contributed by atoms with E-state index in [1.807, 2.05) is 6.20 Å². The molecule has 0 saturated carbocycles. The maximum atomic E-state index is 4.72. The monoisotopic (exact) mass is 535 g/mol. The maximum absolute atomic E-state index is 4.72. The molecule has 1 heterocycles. The maximum Gasteiger partial charge on any atom is 0.241 e. The van der Waals surface area contributed by atoms with Gasteiger partial charge in [0.1, 0.15) is 0 Å². The SMILES string of the molecule is CC(=CCCC(c1ccccc1)c1ccccc1)[SiH2]Cn1ccnc1[B]C(=Cc1ccccc1)c1ccccc1. The Morgan fingerprint density at radius 2 is 1.38 bits per heavy atom. The Kier molecular flexibility index (Phi) is 9.80. The highest BCUT2D eigenvalue weighted by Gasteiger charge is 2.14. The summed E-state index contributed by atoms with van der Waals surface area (Å²) in [6.07, 6.45) is 12.0. The smallest absolute Gasteiger partial charge is 0.241 e. The molecule has 0 atom stereocenters. The van der Waals surface area contributed by atoms with Crippen LogP contribution in [-0.4, -0.2) is 26.4 Å². The third kappa shape index (κ3) is 7.71. The molecular weight excluding hydrogens is 499 g/mol. The van der Waals surface area contributed by atoms with Crippen LogP contribution in [0.2, 0.25) is 0 Å². The zero-order chi connectivity index (χ0) is 27.4. The fraction of sp³-hybridized carbons (Fsp3) is 0.139. The molecule has 1 aromatic heterocycles. The van der Waals surface area contributed by atoms with Gasteiger partial charge in [-0.05, 0) is 42.0 Å². The average Bonchev–Trinajstić information content (AvgIpc) is 3.46. The van der Waals surface area contributed by atoms with Crippen LogP contribution in [0, 0.1) is 0 Å². The lowest BCUT2D eigenvalue weighted by molar-refractivity contribution is 0.727. The zero-order valence-corrected chi connectivity index (χ0v) is 24.6. The predicted octanol–water partition coefficient (Wildman–Crippen LogP) is 7.05. The molecule has 0 saturated heterocycles. The Hall–Kier alpha value is -4.15. The van der Waals surface area contributed by atoms with Crippen molar-refractivity contribution in [2.45, 2.75) is 31.9 Å². The van der Waals surface area contributed by atoms with Crippen molar-refractivity contribution in [3.63, 3.8) is 0 Å². The fourth-order valence-corrected chi connectivity index (χ4v) is 6.53. The van der Waals surface area contributed by atoms with Crippen molar-refractivity contribution in [3.8, 4) is 0 Å². The van der Waals surface area contributed by atoms with E-state index >= 15 is 0 Å². The van der Waals surface area contributed by atoms with Crippen molar-refractivity contribution in [2.24, 2.45) is 0 Å². The highest BCUT2D eigenvalue weighted by Crippen LogP contribution is 2.29. The largest absolute Gasteiger partial charge is 0.346 e. The molecule has 4 heteroatoms. The molecule has 0 amide bonds.